The molecule has 0 aliphatic carbocycles. The van der Waals surface area contributed by atoms with Crippen molar-refractivity contribution in [2.24, 2.45) is 0 Å². The number of benzene rings is 1. The first-order valence-electron chi connectivity index (χ1n) is 4.83. The molecule has 6 nitrogen and oxygen atoms in total. The summed E-state index contributed by atoms with van der Waals surface area (Å²) in [7, 11) is 0. The number of aromatic nitrogens is 2. The predicted octanol–water partition coefficient (Wildman–Crippen LogP) is 1.08. The molecule has 0 amide bonds. The Morgan fingerprint density at radius 1 is 1.24 bits per heavy atom. The minimum absolute atomic E-state index is 0.196. The molecule has 1 aromatic heterocycles. The Bertz CT molecular complexity index is 605. The molecule has 0 saturated carbocycles. The van der Waals surface area contributed by atoms with Gasteiger partial charge in [0.1, 0.15) is 0 Å². The molecule has 2 rings (SSSR count). The van der Waals surface area contributed by atoms with Gasteiger partial charge in [-0.15, -0.1) is 0 Å². The van der Waals surface area contributed by atoms with Crippen molar-refractivity contribution in [1.82, 2.24) is 9.78 Å². The fourth-order valence-electron chi connectivity index (χ4n) is 1.33. The van der Waals surface area contributed by atoms with Crippen LogP contribution in [-0.2, 0) is 4.79 Å². The highest BCUT2D eigenvalue weighted by molar-refractivity contribution is 5.89. The summed E-state index contributed by atoms with van der Waals surface area (Å²) in [6.07, 6.45) is 0. The van der Waals surface area contributed by atoms with Crippen LogP contribution in [-0.4, -0.2) is 26.8 Å². The third-order valence-corrected chi connectivity index (χ3v) is 1.92. The number of rotatable bonds is 0. The summed E-state index contributed by atoms with van der Waals surface area (Å²) in [5.74, 6) is -1.03. The van der Waals surface area contributed by atoms with Gasteiger partial charge in [-0.1, -0.05) is 12.1 Å². The number of aliphatic carboxylic acids is 1. The second kappa shape index (κ2) is 5.11. The van der Waals surface area contributed by atoms with Gasteiger partial charge in [0.15, 0.2) is 0 Å². The number of para-hydroxylation sites is 1. The summed E-state index contributed by atoms with van der Waals surface area (Å²) in [5.41, 5.74) is 0.394. The van der Waals surface area contributed by atoms with Gasteiger partial charge >= 0.3 is 0 Å². The third kappa shape index (κ3) is 3.04. The molecule has 0 unspecified atom stereocenters. The van der Waals surface area contributed by atoms with E-state index in [9.17, 15) is 9.59 Å². The van der Waals surface area contributed by atoms with Crippen LogP contribution in [0.1, 0.15) is 18.6 Å². The van der Waals surface area contributed by atoms with E-state index >= 15 is 0 Å². The van der Waals surface area contributed by atoms with Gasteiger partial charge in [-0.2, -0.15) is 0 Å². The van der Waals surface area contributed by atoms with E-state index in [4.69, 9.17) is 9.90 Å². The zero-order chi connectivity index (χ0) is 13.0. The maximum absolute atomic E-state index is 11.3. The van der Waals surface area contributed by atoms with Gasteiger partial charge in [-0.05, 0) is 12.1 Å². The van der Waals surface area contributed by atoms with E-state index in [0.717, 1.165) is 6.92 Å². The zero-order valence-corrected chi connectivity index (χ0v) is 9.43. The normalized spacial score (nSPS) is 9.53. The minimum atomic E-state index is -0.833. The summed E-state index contributed by atoms with van der Waals surface area (Å²) in [4.78, 5) is 31.3. The number of aromatic amines is 1. The minimum Gasteiger partial charge on any atom is -0.481 e. The van der Waals surface area contributed by atoms with E-state index in [0.29, 0.717) is 10.9 Å². The highest BCUT2D eigenvalue weighted by atomic mass is 16.4. The SMILES string of the molecule is CC(=O)O.CC(=O)n1[nH]c(=O)c2ccccc21. The van der Waals surface area contributed by atoms with Crippen molar-refractivity contribution in [3.05, 3.63) is 34.6 Å². The van der Waals surface area contributed by atoms with E-state index in [1.165, 1.54) is 11.6 Å². The van der Waals surface area contributed by atoms with Gasteiger partial charge < -0.3 is 5.11 Å². The lowest BCUT2D eigenvalue weighted by atomic mass is 10.2. The number of carboxylic acid groups (broad SMARTS) is 1. The lowest BCUT2D eigenvalue weighted by Crippen LogP contribution is -2.10. The molecule has 6 heteroatoms. The van der Waals surface area contributed by atoms with E-state index in [1.807, 2.05) is 0 Å². The Kier molecular flexibility index (Phi) is 3.82. The maximum Gasteiger partial charge on any atom is 0.300 e. The highest BCUT2D eigenvalue weighted by Crippen LogP contribution is 2.07. The van der Waals surface area contributed by atoms with E-state index in [2.05, 4.69) is 5.10 Å². The van der Waals surface area contributed by atoms with Crippen LogP contribution in [0.15, 0.2) is 29.1 Å². The number of carbonyl (C=O) groups excluding carboxylic acids is 1. The Morgan fingerprint density at radius 3 is 2.29 bits per heavy atom. The monoisotopic (exact) mass is 236 g/mol. The summed E-state index contributed by atoms with van der Waals surface area (Å²) < 4.78 is 1.25. The molecule has 0 spiro atoms. The Balaban J connectivity index is 0.000000317. The van der Waals surface area contributed by atoms with Crippen LogP contribution in [0.2, 0.25) is 0 Å². The summed E-state index contributed by atoms with van der Waals surface area (Å²) in [6, 6.07) is 6.97. The van der Waals surface area contributed by atoms with Crippen molar-refractivity contribution in [2.45, 2.75) is 13.8 Å². The summed E-state index contributed by atoms with van der Waals surface area (Å²) >= 11 is 0. The molecular weight excluding hydrogens is 224 g/mol. The van der Waals surface area contributed by atoms with Crippen molar-refractivity contribution in [1.29, 1.82) is 0 Å². The molecule has 17 heavy (non-hydrogen) atoms. The number of hydrogen-bond donors (Lipinski definition) is 2. The van der Waals surface area contributed by atoms with Gasteiger partial charge in [0, 0.05) is 13.8 Å². The lowest BCUT2D eigenvalue weighted by Gasteiger charge is -1.95. The Morgan fingerprint density at radius 2 is 1.76 bits per heavy atom. The van der Waals surface area contributed by atoms with E-state index in [-0.39, 0.29) is 11.5 Å². The smallest absolute Gasteiger partial charge is 0.300 e. The molecule has 0 fully saturated rings. The van der Waals surface area contributed by atoms with Gasteiger partial charge in [0.05, 0.1) is 10.9 Å². The lowest BCUT2D eigenvalue weighted by molar-refractivity contribution is -0.134. The predicted molar refractivity (Wildman–Crippen MR) is 62.2 cm³/mol. The number of carbonyl (C=O) groups is 2. The number of hydrogen-bond acceptors (Lipinski definition) is 3. The van der Waals surface area contributed by atoms with Crippen LogP contribution >= 0.6 is 0 Å². The Hall–Kier alpha value is -2.37. The van der Waals surface area contributed by atoms with E-state index < -0.39 is 5.97 Å². The zero-order valence-electron chi connectivity index (χ0n) is 9.43. The van der Waals surface area contributed by atoms with Crippen molar-refractivity contribution < 1.29 is 14.7 Å². The van der Waals surface area contributed by atoms with Gasteiger partial charge in [-0.3, -0.25) is 19.5 Å². The average Bonchev–Trinajstić information content (AvgIpc) is 2.56. The molecule has 0 bridgehead atoms. The molecular formula is C11H12N2O4. The topological polar surface area (TPSA) is 92.2 Å². The number of H-pyrrole nitrogens is 1. The van der Waals surface area contributed by atoms with Crippen LogP contribution in [0.25, 0.3) is 10.9 Å². The molecule has 2 N–H and O–H groups in total. The maximum atomic E-state index is 11.3. The fourth-order valence-corrected chi connectivity index (χ4v) is 1.33. The highest BCUT2D eigenvalue weighted by Gasteiger charge is 2.07. The summed E-state index contributed by atoms with van der Waals surface area (Å²) in [5, 5.41) is 10.4. The van der Waals surface area contributed by atoms with Crippen molar-refractivity contribution in [3.8, 4) is 0 Å². The molecule has 0 aliphatic rings. The van der Waals surface area contributed by atoms with Crippen LogP contribution < -0.4 is 5.56 Å². The van der Waals surface area contributed by atoms with Gasteiger partial charge in [0.2, 0.25) is 5.91 Å². The molecule has 0 radical (unpaired) electrons. The molecule has 0 atom stereocenters. The van der Waals surface area contributed by atoms with Crippen LogP contribution in [0.5, 0.6) is 0 Å². The number of nitrogens with zero attached hydrogens (tertiary/aromatic N) is 1. The second-order valence-corrected chi connectivity index (χ2v) is 3.33. The molecule has 90 valence electrons. The first-order valence-corrected chi connectivity index (χ1v) is 4.83. The standard InChI is InChI=1S/C9H8N2O2.C2H4O2/c1-6(12)11-8-5-3-2-4-7(8)9(13)10-11;1-2(3)4/h2-5H,1H3,(H,10,13);1H3,(H,3,4). The fraction of sp³-hybridized carbons (Fsp3) is 0.182. The molecule has 1 aromatic carbocycles. The summed E-state index contributed by atoms with van der Waals surface area (Å²) in [6.45, 7) is 2.49. The largest absolute Gasteiger partial charge is 0.481 e. The molecule has 1 heterocycles. The number of carboxylic acids is 1. The molecule has 0 saturated heterocycles. The second-order valence-electron chi connectivity index (χ2n) is 3.33. The van der Waals surface area contributed by atoms with Gasteiger partial charge in [0.25, 0.3) is 11.5 Å². The van der Waals surface area contributed by atoms with Crippen LogP contribution in [0.3, 0.4) is 0 Å². The number of fused-ring (bicyclic) bond motifs is 1. The van der Waals surface area contributed by atoms with Crippen molar-refractivity contribution in [2.75, 3.05) is 0 Å². The van der Waals surface area contributed by atoms with E-state index in [1.54, 1.807) is 24.3 Å². The van der Waals surface area contributed by atoms with Crippen molar-refractivity contribution >= 4 is 22.8 Å². The average molecular weight is 236 g/mol. The van der Waals surface area contributed by atoms with Crippen LogP contribution in [0.4, 0.5) is 0 Å². The van der Waals surface area contributed by atoms with Gasteiger partial charge in [-0.25, -0.2) is 4.68 Å². The third-order valence-electron chi connectivity index (χ3n) is 1.92. The molecule has 0 aliphatic heterocycles. The Labute approximate surface area is 96.5 Å². The first-order chi connectivity index (χ1) is 7.93. The quantitative estimate of drug-likeness (QED) is 0.715. The number of nitrogens with one attached hydrogen (secondary N) is 1. The first kappa shape index (κ1) is 12.7. The van der Waals surface area contributed by atoms with Crippen molar-refractivity contribution in [3.63, 3.8) is 0 Å². The molecule has 2 aromatic rings. The van der Waals surface area contributed by atoms with Crippen LogP contribution in [0, 0.1) is 0 Å².